The molecule has 0 saturated carbocycles. The number of nitrogens with zero attached hydrogens (tertiary/aromatic N) is 2. The number of carbonyl (C=O) groups is 2. The maximum Gasteiger partial charge on any atom is 0.330 e. The third kappa shape index (κ3) is 7.48. The molecule has 3 N–H and O–H groups in total. The summed E-state index contributed by atoms with van der Waals surface area (Å²) in [5, 5.41) is 0. The van der Waals surface area contributed by atoms with Gasteiger partial charge in [0, 0.05) is 18.8 Å². The van der Waals surface area contributed by atoms with E-state index >= 15 is 0 Å². The topological polar surface area (TPSA) is 127 Å². The van der Waals surface area contributed by atoms with Gasteiger partial charge in [0.1, 0.15) is 11.6 Å². The van der Waals surface area contributed by atoms with Crippen LogP contribution in [0.2, 0.25) is 0 Å². The van der Waals surface area contributed by atoms with Crippen LogP contribution in [0, 0.1) is 5.82 Å². The van der Waals surface area contributed by atoms with E-state index in [1.54, 1.807) is 12.1 Å². The van der Waals surface area contributed by atoms with Crippen LogP contribution < -0.4 is 21.9 Å². The van der Waals surface area contributed by atoms with E-state index in [4.69, 9.17) is 10.5 Å². The van der Waals surface area contributed by atoms with Gasteiger partial charge in [-0.15, -0.1) is 11.8 Å². The Balaban J connectivity index is 2.05. The second-order valence-corrected chi connectivity index (χ2v) is 8.31. The largest absolute Gasteiger partial charge is 0.455 e. The van der Waals surface area contributed by atoms with Gasteiger partial charge in [-0.05, 0) is 30.5 Å². The first-order chi connectivity index (χ1) is 15.8. The van der Waals surface area contributed by atoms with Crippen LogP contribution in [0.15, 0.2) is 33.9 Å². The summed E-state index contributed by atoms with van der Waals surface area (Å²) in [7, 11) is 0. The molecule has 11 heteroatoms. The number of aromatic nitrogens is 2. The third-order valence-corrected chi connectivity index (χ3v) is 5.70. The monoisotopic (exact) mass is 480 g/mol. The van der Waals surface area contributed by atoms with Crippen LogP contribution in [0.3, 0.4) is 0 Å². The number of nitrogens with one attached hydrogen (secondary N) is 1. The summed E-state index contributed by atoms with van der Waals surface area (Å²) >= 11 is 1.27. The molecule has 0 atom stereocenters. The molecule has 180 valence electrons. The van der Waals surface area contributed by atoms with Gasteiger partial charge in [-0.1, -0.05) is 32.4 Å². The lowest BCUT2D eigenvalue weighted by Crippen LogP contribution is -2.43. The molecule has 0 fully saturated rings. The van der Waals surface area contributed by atoms with Crippen LogP contribution in [0.1, 0.15) is 38.7 Å². The van der Waals surface area contributed by atoms with Crippen LogP contribution in [0.25, 0.3) is 0 Å². The molecule has 0 aliphatic heterocycles. The van der Waals surface area contributed by atoms with Gasteiger partial charge >= 0.3 is 11.7 Å². The van der Waals surface area contributed by atoms with Crippen LogP contribution in [-0.2, 0) is 26.6 Å². The molecule has 9 nitrogen and oxygen atoms in total. The smallest absolute Gasteiger partial charge is 0.330 e. The first-order valence-electron chi connectivity index (χ1n) is 10.7. The quantitative estimate of drug-likeness (QED) is 0.446. The average Bonchev–Trinajstić information content (AvgIpc) is 2.78. The standard InChI is InChI=1S/C22H29FN4O5S/c1-3-5-11-26(19-20(24)27(10-4-2)22(31)25-21(19)30)17(28)12-32-18(29)14-33-13-15-6-8-16(23)9-7-15/h6-9H,3-5,10-14,24H2,1-2H3,(H,25,30,31). The predicted molar refractivity (Wildman–Crippen MR) is 127 cm³/mol. The van der Waals surface area contributed by atoms with Crippen molar-refractivity contribution in [3.8, 4) is 0 Å². The van der Waals surface area contributed by atoms with Crippen LogP contribution in [0.4, 0.5) is 15.9 Å². The number of thioether (sulfide) groups is 1. The number of hydrogen-bond donors (Lipinski definition) is 2. The number of halogens is 1. The van der Waals surface area contributed by atoms with Gasteiger partial charge in [0.25, 0.3) is 11.5 Å². The lowest BCUT2D eigenvalue weighted by Gasteiger charge is -2.24. The van der Waals surface area contributed by atoms with Crippen molar-refractivity contribution < 1.29 is 18.7 Å². The van der Waals surface area contributed by atoms with Crippen molar-refractivity contribution in [1.82, 2.24) is 9.55 Å². The highest BCUT2D eigenvalue weighted by atomic mass is 32.2. The lowest BCUT2D eigenvalue weighted by molar-refractivity contribution is -0.145. The van der Waals surface area contributed by atoms with E-state index in [-0.39, 0.29) is 36.2 Å². The highest BCUT2D eigenvalue weighted by molar-refractivity contribution is 7.99. The van der Waals surface area contributed by atoms with Gasteiger partial charge in [0.15, 0.2) is 12.3 Å². The highest BCUT2D eigenvalue weighted by Crippen LogP contribution is 2.18. The number of aromatic amines is 1. The number of carbonyl (C=O) groups excluding carboxylic acids is 2. The maximum absolute atomic E-state index is 12.9. The number of nitrogen functional groups attached to an aromatic ring is 1. The Bertz CT molecular complexity index is 1070. The summed E-state index contributed by atoms with van der Waals surface area (Å²) in [5.41, 5.74) is 5.40. The maximum atomic E-state index is 12.9. The second-order valence-electron chi connectivity index (χ2n) is 7.32. The Hall–Kier alpha value is -3.08. The van der Waals surface area contributed by atoms with Crippen molar-refractivity contribution in [2.75, 3.05) is 29.5 Å². The first-order valence-corrected chi connectivity index (χ1v) is 11.8. The summed E-state index contributed by atoms with van der Waals surface area (Å²) in [6.07, 6.45) is 1.93. The number of unbranched alkanes of at least 4 members (excludes halogenated alkanes) is 1. The molecule has 0 saturated heterocycles. The minimum Gasteiger partial charge on any atom is -0.455 e. The molecule has 1 amide bonds. The molecular weight excluding hydrogens is 451 g/mol. The van der Waals surface area contributed by atoms with Crippen molar-refractivity contribution >= 4 is 35.1 Å². The molecule has 0 aliphatic carbocycles. The number of ether oxygens (including phenoxy) is 1. The van der Waals surface area contributed by atoms with E-state index in [1.165, 1.54) is 33.4 Å². The van der Waals surface area contributed by atoms with E-state index in [0.29, 0.717) is 18.6 Å². The Labute approximate surface area is 195 Å². The Kier molecular flexibility index (Phi) is 10.2. The fraction of sp³-hybridized carbons (Fsp3) is 0.455. The van der Waals surface area contributed by atoms with E-state index in [1.807, 2.05) is 13.8 Å². The first kappa shape index (κ1) is 26.2. The van der Waals surface area contributed by atoms with Gasteiger partial charge in [-0.3, -0.25) is 23.9 Å². The summed E-state index contributed by atoms with van der Waals surface area (Å²) in [4.78, 5) is 52.9. The average molecular weight is 481 g/mol. The number of nitrogens with two attached hydrogens (primary N) is 1. The van der Waals surface area contributed by atoms with E-state index in [2.05, 4.69) is 4.98 Å². The number of amides is 1. The number of hydrogen-bond acceptors (Lipinski definition) is 7. The van der Waals surface area contributed by atoms with Gasteiger partial charge < -0.3 is 15.4 Å². The molecule has 0 bridgehead atoms. The summed E-state index contributed by atoms with van der Waals surface area (Å²) in [6, 6.07) is 5.94. The number of rotatable bonds is 12. The Morgan fingerprint density at radius 2 is 1.88 bits per heavy atom. The molecule has 0 radical (unpaired) electrons. The summed E-state index contributed by atoms with van der Waals surface area (Å²) < 4.78 is 19.2. The van der Waals surface area contributed by atoms with Crippen molar-refractivity contribution in [2.45, 2.75) is 45.4 Å². The predicted octanol–water partition coefficient (Wildman–Crippen LogP) is 2.28. The molecule has 33 heavy (non-hydrogen) atoms. The summed E-state index contributed by atoms with van der Waals surface area (Å²) in [5.74, 6) is -1.15. The number of benzene rings is 1. The van der Waals surface area contributed by atoms with Crippen molar-refractivity contribution in [2.24, 2.45) is 0 Å². The molecule has 0 unspecified atom stereocenters. The third-order valence-electron chi connectivity index (χ3n) is 4.73. The zero-order valence-corrected chi connectivity index (χ0v) is 19.6. The molecule has 1 aromatic carbocycles. The van der Waals surface area contributed by atoms with Crippen LogP contribution in [-0.4, -0.2) is 40.3 Å². The Morgan fingerprint density at radius 3 is 2.52 bits per heavy atom. The van der Waals surface area contributed by atoms with Crippen molar-refractivity contribution in [3.05, 3.63) is 56.5 Å². The highest BCUT2D eigenvalue weighted by Gasteiger charge is 2.24. The number of H-pyrrole nitrogens is 1. The minimum absolute atomic E-state index is 0.00369. The van der Waals surface area contributed by atoms with Crippen molar-refractivity contribution in [1.29, 1.82) is 0 Å². The molecule has 1 aromatic heterocycles. The molecule has 0 aliphatic rings. The van der Waals surface area contributed by atoms with Crippen molar-refractivity contribution in [3.63, 3.8) is 0 Å². The normalized spacial score (nSPS) is 10.8. The van der Waals surface area contributed by atoms with E-state index < -0.39 is 29.7 Å². The van der Waals surface area contributed by atoms with Gasteiger partial charge in [-0.25, -0.2) is 9.18 Å². The molecule has 1 heterocycles. The molecule has 2 aromatic rings. The molecule has 2 rings (SSSR count). The van der Waals surface area contributed by atoms with Crippen LogP contribution >= 0.6 is 11.8 Å². The molecule has 0 spiro atoms. The second kappa shape index (κ2) is 12.8. The zero-order chi connectivity index (χ0) is 24.4. The molecular formula is C22H29FN4O5S. The Morgan fingerprint density at radius 1 is 1.18 bits per heavy atom. The fourth-order valence-electron chi connectivity index (χ4n) is 3.06. The van der Waals surface area contributed by atoms with Gasteiger partial charge in [-0.2, -0.15) is 0 Å². The van der Waals surface area contributed by atoms with Crippen LogP contribution in [0.5, 0.6) is 0 Å². The number of anilines is 2. The van der Waals surface area contributed by atoms with E-state index in [0.717, 1.165) is 12.0 Å². The zero-order valence-electron chi connectivity index (χ0n) is 18.8. The van der Waals surface area contributed by atoms with E-state index in [9.17, 15) is 23.6 Å². The summed E-state index contributed by atoms with van der Waals surface area (Å²) in [6.45, 7) is 3.68. The fourth-order valence-corrected chi connectivity index (χ4v) is 3.84. The SMILES string of the molecule is CCCCN(C(=O)COC(=O)CSCc1ccc(F)cc1)c1c(N)n(CCC)c(=O)[nH]c1=O. The van der Waals surface area contributed by atoms with Gasteiger partial charge in [0.2, 0.25) is 0 Å². The minimum atomic E-state index is -0.768. The van der Waals surface area contributed by atoms with Gasteiger partial charge in [0.05, 0.1) is 5.75 Å². The lowest BCUT2D eigenvalue weighted by atomic mass is 10.2. The number of esters is 1.